The summed E-state index contributed by atoms with van der Waals surface area (Å²) < 4.78 is 27.5. The maximum atomic E-state index is 12.4. The van der Waals surface area contributed by atoms with Crippen molar-refractivity contribution in [2.24, 2.45) is 23.2 Å². The number of hydrogen-bond donors (Lipinski definition) is 1. The fraction of sp³-hybridized carbons (Fsp3) is 0.647. The van der Waals surface area contributed by atoms with Gasteiger partial charge in [0, 0.05) is 6.54 Å². The van der Waals surface area contributed by atoms with Crippen molar-refractivity contribution in [3.63, 3.8) is 0 Å². The molecule has 0 aromatic heterocycles. The average Bonchev–Trinajstić information content (AvgIpc) is 2.45. The van der Waals surface area contributed by atoms with E-state index >= 15 is 0 Å². The quantitative estimate of drug-likeness (QED) is 0.865. The van der Waals surface area contributed by atoms with Crippen molar-refractivity contribution < 1.29 is 8.76 Å². The van der Waals surface area contributed by atoms with E-state index in [1.54, 1.807) is 12.1 Å². The van der Waals surface area contributed by atoms with Crippen LogP contribution in [0.15, 0.2) is 29.2 Å². The van der Waals surface area contributed by atoms with Crippen LogP contribution in [0.2, 0.25) is 0 Å². The van der Waals surface area contributed by atoms with Crippen molar-refractivity contribution in [2.45, 2.75) is 44.9 Å². The highest BCUT2D eigenvalue weighted by Crippen LogP contribution is 2.61. The minimum Gasteiger partial charge on any atom is -0.593 e. The molecule has 3 fully saturated rings. The highest BCUT2D eigenvalue weighted by Gasteiger charge is 2.54. The fourth-order valence-electron chi connectivity index (χ4n) is 4.22. The van der Waals surface area contributed by atoms with E-state index in [0.717, 1.165) is 17.9 Å². The van der Waals surface area contributed by atoms with E-state index in [1.165, 1.54) is 12.8 Å². The van der Waals surface area contributed by atoms with Crippen molar-refractivity contribution >= 4 is 10.4 Å². The molecule has 0 radical (unpaired) electrons. The molecule has 1 unspecified atom stereocenters. The Morgan fingerprint density at radius 2 is 1.95 bits per heavy atom. The van der Waals surface area contributed by atoms with Crippen molar-refractivity contribution in [3.8, 4) is 0 Å². The number of nitrogens with one attached hydrogen (secondary N) is 1. The molecule has 3 nitrogen and oxygen atoms in total. The summed E-state index contributed by atoms with van der Waals surface area (Å²) in [5, 5.41) is 0. The Labute approximate surface area is 128 Å². The van der Waals surface area contributed by atoms with E-state index in [-0.39, 0.29) is 0 Å². The summed E-state index contributed by atoms with van der Waals surface area (Å²) >= 11 is 0. The van der Waals surface area contributed by atoms with Gasteiger partial charge in [-0.15, -0.1) is 4.72 Å². The molecule has 4 heteroatoms. The Kier molecular flexibility index (Phi) is 3.75. The Bertz CT molecular complexity index is 565. The Morgan fingerprint density at radius 1 is 1.29 bits per heavy atom. The molecule has 116 valence electrons. The summed E-state index contributed by atoms with van der Waals surface area (Å²) in [4.78, 5) is 0.370. The van der Waals surface area contributed by atoms with Crippen LogP contribution in [0.4, 0.5) is 0 Å². The third kappa shape index (κ3) is 2.69. The lowest BCUT2D eigenvalue weighted by atomic mass is 9.45. The molecule has 0 saturated heterocycles. The lowest BCUT2D eigenvalue weighted by Gasteiger charge is -2.60. The van der Waals surface area contributed by atoms with Gasteiger partial charge >= 0.3 is 0 Å². The monoisotopic (exact) mass is 307 g/mol. The number of hydrogen-bond acceptors (Lipinski definition) is 2. The predicted molar refractivity (Wildman–Crippen MR) is 84.4 cm³/mol. The fourth-order valence-corrected chi connectivity index (χ4v) is 5.32. The van der Waals surface area contributed by atoms with Crippen LogP contribution >= 0.6 is 0 Å². The number of aryl methyl sites for hydroxylation is 1. The van der Waals surface area contributed by atoms with E-state index in [0.29, 0.717) is 28.7 Å². The van der Waals surface area contributed by atoms with Crippen LogP contribution in [0, 0.1) is 30.1 Å². The summed E-state index contributed by atoms with van der Waals surface area (Å²) in [6.07, 6.45) is 3.69. The van der Waals surface area contributed by atoms with Gasteiger partial charge in [-0.25, -0.2) is 0 Å². The minimum absolute atomic E-state index is 0.370. The second-order valence-electron chi connectivity index (χ2n) is 7.36. The Balaban J connectivity index is 1.64. The normalized spacial score (nSPS) is 33.0. The molecule has 1 aromatic carbocycles. The standard InChI is InChI=1S/C17H25NO2S/c1-12-4-8-15(9-5-12)21(19,20)18-11-13-6-7-14-10-16(13)17(14,2)3/h4-5,8-9,13-14,16H,6-7,10-11H2,1-3H3,(H-,18,19,20)/t13-,14-,16-/m0/s1. The Morgan fingerprint density at radius 3 is 2.52 bits per heavy atom. The number of sulfonamides is 1. The van der Waals surface area contributed by atoms with Crippen molar-refractivity contribution in [3.05, 3.63) is 29.8 Å². The SMILES string of the molecule is Cc1ccc([S+](=O)([O-])NC[C@@H]2CC[C@H]3C[C@@H]2C3(C)C)cc1. The third-order valence-corrected chi connectivity index (χ3v) is 7.31. The van der Waals surface area contributed by atoms with Gasteiger partial charge < -0.3 is 4.55 Å². The molecule has 1 N–H and O–H groups in total. The van der Waals surface area contributed by atoms with Gasteiger partial charge in [0.05, 0.1) is 0 Å². The van der Waals surface area contributed by atoms with E-state index in [4.69, 9.17) is 0 Å². The topological polar surface area (TPSA) is 52.2 Å². The molecule has 3 aliphatic carbocycles. The van der Waals surface area contributed by atoms with Gasteiger partial charge in [0.1, 0.15) is 0 Å². The van der Waals surface area contributed by atoms with Crippen molar-refractivity contribution in [1.29, 1.82) is 0 Å². The molecule has 2 bridgehead atoms. The van der Waals surface area contributed by atoms with Crippen molar-refractivity contribution in [2.75, 3.05) is 6.54 Å². The van der Waals surface area contributed by atoms with Gasteiger partial charge in [-0.3, -0.25) is 0 Å². The first-order valence-electron chi connectivity index (χ1n) is 7.87. The first-order valence-corrected chi connectivity index (χ1v) is 9.35. The van der Waals surface area contributed by atoms with Crippen LogP contribution in [-0.4, -0.2) is 11.1 Å². The maximum Gasteiger partial charge on any atom is 0.175 e. The lowest BCUT2D eigenvalue weighted by Crippen LogP contribution is -2.54. The molecule has 0 aliphatic heterocycles. The maximum absolute atomic E-state index is 12.4. The van der Waals surface area contributed by atoms with Gasteiger partial charge in [0.25, 0.3) is 0 Å². The first kappa shape index (κ1) is 15.2. The van der Waals surface area contributed by atoms with Gasteiger partial charge in [0.2, 0.25) is 0 Å². The van der Waals surface area contributed by atoms with E-state index in [2.05, 4.69) is 18.6 Å². The van der Waals surface area contributed by atoms with Crippen LogP contribution in [0.3, 0.4) is 0 Å². The van der Waals surface area contributed by atoms with Crippen LogP contribution in [0.5, 0.6) is 0 Å². The molecule has 4 atom stereocenters. The third-order valence-electron chi connectivity index (χ3n) is 5.87. The van der Waals surface area contributed by atoms with Gasteiger partial charge in [-0.1, -0.05) is 35.8 Å². The van der Waals surface area contributed by atoms with Crippen LogP contribution in [0.1, 0.15) is 38.7 Å². The molecule has 0 heterocycles. The lowest BCUT2D eigenvalue weighted by molar-refractivity contribution is -0.102. The summed E-state index contributed by atoms with van der Waals surface area (Å²) in [6, 6.07) is 7.05. The molecule has 3 aliphatic rings. The number of benzene rings is 1. The Hall–Kier alpha value is -0.710. The highest BCUT2D eigenvalue weighted by atomic mass is 32.3. The van der Waals surface area contributed by atoms with E-state index < -0.39 is 10.4 Å². The molecule has 1 aromatic rings. The number of rotatable bonds is 4. The molecular formula is C17H25NO2S. The molecule has 21 heavy (non-hydrogen) atoms. The highest BCUT2D eigenvalue weighted by molar-refractivity contribution is 7.95. The molecule has 4 rings (SSSR count). The first-order chi connectivity index (χ1) is 9.80. The van der Waals surface area contributed by atoms with Crippen LogP contribution in [0.25, 0.3) is 0 Å². The summed E-state index contributed by atoms with van der Waals surface area (Å²) in [7, 11) is -3.37. The molecule has 0 amide bonds. The zero-order valence-electron chi connectivity index (χ0n) is 13.1. The van der Waals surface area contributed by atoms with Gasteiger partial charge in [-0.05, 0) is 61.5 Å². The molecule has 3 saturated carbocycles. The second kappa shape index (κ2) is 5.18. The van der Waals surface area contributed by atoms with E-state index in [9.17, 15) is 8.76 Å². The number of fused-ring (bicyclic) bond motifs is 2. The predicted octanol–water partition coefficient (Wildman–Crippen LogP) is 3.56. The summed E-state index contributed by atoms with van der Waals surface area (Å²) in [5.74, 6) is 2.02. The smallest absolute Gasteiger partial charge is 0.175 e. The van der Waals surface area contributed by atoms with Crippen LogP contribution < -0.4 is 4.72 Å². The minimum atomic E-state index is -3.37. The van der Waals surface area contributed by atoms with E-state index in [1.807, 2.05) is 19.1 Å². The zero-order chi connectivity index (χ0) is 15.3. The average molecular weight is 307 g/mol. The van der Waals surface area contributed by atoms with Crippen LogP contribution in [-0.2, 0) is 14.6 Å². The van der Waals surface area contributed by atoms with Crippen molar-refractivity contribution in [1.82, 2.24) is 4.72 Å². The molecular weight excluding hydrogens is 282 g/mol. The summed E-state index contributed by atoms with van der Waals surface area (Å²) in [5.41, 5.74) is 1.47. The summed E-state index contributed by atoms with van der Waals surface area (Å²) in [6.45, 7) is 7.22. The molecule has 0 spiro atoms. The zero-order valence-corrected chi connectivity index (χ0v) is 13.9. The second-order valence-corrected chi connectivity index (χ2v) is 9.13. The van der Waals surface area contributed by atoms with Gasteiger partial charge in [0.15, 0.2) is 15.3 Å². The largest absolute Gasteiger partial charge is 0.593 e. The van der Waals surface area contributed by atoms with Gasteiger partial charge in [-0.2, -0.15) is 0 Å².